The quantitative estimate of drug-likeness (QED) is 0.820. The largest absolute Gasteiger partial charge is 0.490 e. The van der Waals surface area contributed by atoms with Crippen LogP contribution < -0.4 is 15.4 Å². The third-order valence-corrected chi connectivity index (χ3v) is 3.07. The molecule has 1 aromatic heterocycles. The van der Waals surface area contributed by atoms with E-state index < -0.39 is 0 Å². The topological polar surface area (TPSA) is 59.1 Å². The first kappa shape index (κ1) is 12.0. The zero-order chi connectivity index (χ0) is 12.3. The van der Waals surface area contributed by atoms with Gasteiger partial charge in [-0.3, -0.25) is 0 Å². The monoisotopic (exact) mass is 236 g/mol. The van der Waals surface area contributed by atoms with Gasteiger partial charge in [0.15, 0.2) is 11.6 Å². The Bertz CT molecular complexity index is 377. The lowest BCUT2D eigenvalue weighted by Gasteiger charge is -2.34. The molecule has 0 amide bonds. The summed E-state index contributed by atoms with van der Waals surface area (Å²) in [7, 11) is 1.65. The minimum absolute atomic E-state index is 0.517. The highest BCUT2D eigenvalue weighted by Gasteiger charge is 2.26. The summed E-state index contributed by atoms with van der Waals surface area (Å²) in [5, 5.41) is 6.58. The van der Waals surface area contributed by atoms with Gasteiger partial charge in [0.25, 0.3) is 0 Å². The van der Waals surface area contributed by atoms with Crippen molar-refractivity contribution in [3.63, 3.8) is 0 Å². The molecule has 2 N–H and O–H groups in total. The summed E-state index contributed by atoms with van der Waals surface area (Å²) >= 11 is 0. The van der Waals surface area contributed by atoms with Gasteiger partial charge in [-0.2, -0.15) is 0 Å². The smallest absolute Gasteiger partial charge is 0.204 e. The molecule has 0 unspecified atom stereocenters. The summed E-state index contributed by atoms with van der Waals surface area (Å²) < 4.78 is 5.38. The van der Waals surface area contributed by atoms with Crippen LogP contribution in [0.5, 0.6) is 5.75 Å². The minimum Gasteiger partial charge on any atom is -0.490 e. The van der Waals surface area contributed by atoms with Crippen molar-refractivity contribution in [2.45, 2.75) is 32.7 Å². The van der Waals surface area contributed by atoms with Gasteiger partial charge in [-0.1, -0.05) is 6.92 Å². The van der Waals surface area contributed by atoms with Crippen molar-refractivity contribution in [3.8, 4) is 5.75 Å². The zero-order valence-corrected chi connectivity index (χ0v) is 10.7. The third kappa shape index (κ3) is 2.60. The molecule has 0 radical (unpaired) electrons. The van der Waals surface area contributed by atoms with E-state index in [1.54, 1.807) is 13.4 Å². The van der Waals surface area contributed by atoms with E-state index in [9.17, 15) is 0 Å². The highest BCUT2D eigenvalue weighted by molar-refractivity contribution is 5.63. The van der Waals surface area contributed by atoms with Crippen LogP contribution in [0.3, 0.4) is 0 Å². The van der Waals surface area contributed by atoms with Crippen LogP contribution in [0.15, 0.2) is 6.33 Å². The van der Waals surface area contributed by atoms with E-state index >= 15 is 0 Å². The molecule has 0 aromatic carbocycles. The van der Waals surface area contributed by atoms with Crippen molar-refractivity contribution in [2.75, 3.05) is 24.3 Å². The molecule has 0 aliphatic heterocycles. The van der Waals surface area contributed by atoms with Gasteiger partial charge in [-0.15, -0.1) is 0 Å². The van der Waals surface area contributed by atoms with Gasteiger partial charge in [-0.05, 0) is 25.7 Å². The molecular formula is C12H20N4O. The summed E-state index contributed by atoms with van der Waals surface area (Å²) in [6.07, 6.45) is 3.96. The molecule has 5 heteroatoms. The Kier molecular flexibility index (Phi) is 3.66. The van der Waals surface area contributed by atoms with Gasteiger partial charge >= 0.3 is 0 Å². The number of nitrogens with one attached hydrogen (secondary N) is 2. The van der Waals surface area contributed by atoms with E-state index in [0.717, 1.165) is 24.1 Å². The number of nitrogens with zero attached hydrogens (tertiary/aromatic N) is 2. The van der Waals surface area contributed by atoms with Crippen LogP contribution in [-0.4, -0.2) is 29.7 Å². The standard InChI is InChI=1S/C12H20N4O/c1-4-13-11-10(17-3)12(15-7-14-11)16-9-5-8(2)6-9/h7-9H,4-6H2,1-3H3,(H2,13,14,15,16). The molecule has 0 saturated heterocycles. The lowest BCUT2D eigenvalue weighted by Crippen LogP contribution is -2.34. The molecule has 1 aliphatic rings. The van der Waals surface area contributed by atoms with Gasteiger partial charge < -0.3 is 15.4 Å². The van der Waals surface area contributed by atoms with Gasteiger partial charge in [0, 0.05) is 12.6 Å². The summed E-state index contributed by atoms with van der Waals surface area (Å²) in [6, 6.07) is 0.517. The molecular weight excluding hydrogens is 216 g/mol. The first-order valence-corrected chi connectivity index (χ1v) is 6.14. The first-order chi connectivity index (χ1) is 8.24. The van der Waals surface area contributed by atoms with Crippen molar-refractivity contribution in [3.05, 3.63) is 6.33 Å². The number of anilines is 2. The second-order valence-electron chi connectivity index (χ2n) is 4.55. The Morgan fingerprint density at radius 2 is 2.06 bits per heavy atom. The zero-order valence-electron chi connectivity index (χ0n) is 10.7. The highest BCUT2D eigenvalue weighted by Crippen LogP contribution is 2.34. The Labute approximate surface area is 102 Å². The van der Waals surface area contributed by atoms with Crippen LogP contribution in [0.25, 0.3) is 0 Å². The van der Waals surface area contributed by atoms with Crippen LogP contribution in [0.1, 0.15) is 26.7 Å². The lowest BCUT2D eigenvalue weighted by atomic mass is 9.82. The van der Waals surface area contributed by atoms with E-state index in [1.165, 1.54) is 12.8 Å². The van der Waals surface area contributed by atoms with E-state index in [4.69, 9.17) is 4.74 Å². The Balaban J connectivity index is 2.12. The van der Waals surface area contributed by atoms with Gasteiger partial charge in [0.2, 0.25) is 5.75 Å². The van der Waals surface area contributed by atoms with Crippen molar-refractivity contribution in [1.82, 2.24) is 9.97 Å². The molecule has 94 valence electrons. The fraction of sp³-hybridized carbons (Fsp3) is 0.667. The average molecular weight is 236 g/mol. The van der Waals surface area contributed by atoms with E-state index in [-0.39, 0.29) is 0 Å². The molecule has 0 atom stereocenters. The number of aromatic nitrogens is 2. The number of ether oxygens (including phenoxy) is 1. The van der Waals surface area contributed by atoms with Crippen LogP contribution in [-0.2, 0) is 0 Å². The molecule has 0 bridgehead atoms. The van der Waals surface area contributed by atoms with Crippen molar-refractivity contribution in [2.24, 2.45) is 5.92 Å². The lowest BCUT2D eigenvalue weighted by molar-refractivity contribution is 0.307. The fourth-order valence-corrected chi connectivity index (χ4v) is 2.18. The van der Waals surface area contributed by atoms with E-state index in [1.807, 2.05) is 6.92 Å². The second kappa shape index (κ2) is 5.21. The van der Waals surface area contributed by atoms with Crippen LogP contribution in [0.2, 0.25) is 0 Å². The van der Waals surface area contributed by atoms with Crippen molar-refractivity contribution in [1.29, 1.82) is 0 Å². The molecule has 1 fully saturated rings. The predicted molar refractivity (Wildman–Crippen MR) is 68.6 cm³/mol. The summed E-state index contributed by atoms with van der Waals surface area (Å²) in [4.78, 5) is 8.43. The molecule has 17 heavy (non-hydrogen) atoms. The highest BCUT2D eigenvalue weighted by atomic mass is 16.5. The summed E-state index contributed by atoms with van der Waals surface area (Å²) in [5.74, 6) is 3.05. The molecule has 0 spiro atoms. The van der Waals surface area contributed by atoms with Crippen molar-refractivity contribution < 1.29 is 4.74 Å². The van der Waals surface area contributed by atoms with E-state index in [2.05, 4.69) is 27.5 Å². The molecule has 1 heterocycles. The van der Waals surface area contributed by atoms with Crippen LogP contribution >= 0.6 is 0 Å². The van der Waals surface area contributed by atoms with E-state index in [0.29, 0.717) is 11.8 Å². The molecule has 5 nitrogen and oxygen atoms in total. The minimum atomic E-state index is 0.517. The van der Waals surface area contributed by atoms with Gasteiger partial charge in [0.1, 0.15) is 6.33 Å². The number of methoxy groups -OCH3 is 1. The van der Waals surface area contributed by atoms with Gasteiger partial charge in [0.05, 0.1) is 7.11 Å². The predicted octanol–water partition coefficient (Wildman–Crippen LogP) is 2.13. The summed E-state index contributed by atoms with van der Waals surface area (Å²) in [5.41, 5.74) is 0. The molecule has 1 aromatic rings. The Morgan fingerprint density at radius 1 is 1.35 bits per heavy atom. The Morgan fingerprint density at radius 3 is 2.65 bits per heavy atom. The Hall–Kier alpha value is -1.52. The SMILES string of the molecule is CCNc1ncnc(NC2CC(C)C2)c1OC. The van der Waals surface area contributed by atoms with Gasteiger partial charge in [-0.25, -0.2) is 9.97 Å². The first-order valence-electron chi connectivity index (χ1n) is 6.14. The second-order valence-corrected chi connectivity index (χ2v) is 4.55. The number of hydrogen-bond acceptors (Lipinski definition) is 5. The fourth-order valence-electron chi connectivity index (χ4n) is 2.18. The maximum Gasteiger partial charge on any atom is 0.204 e. The summed E-state index contributed by atoms with van der Waals surface area (Å²) in [6.45, 7) is 5.11. The van der Waals surface area contributed by atoms with Crippen LogP contribution in [0, 0.1) is 5.92 Å². The van der Waals surface area contributed by atoms with Crippen molar-refractivity contribution >= 4 is 11.6 Å². The molecule has 1 aliphatic carbocycles. The molecule has 2 rings (SSSR count). The normalized spacial score (nSPS) is 22.8. The maximum absolute atomic E-state index is 5.38. The molecule has 1 saturated carbocycles. The number of rotatable bonds is 5. The average Bonchev–Trinajstić information content (AvgIpc) is 2.28. The van der Waals surface area contributed by atoms with Crippen LogP contribution in [0.4, 0.5) is 11.6 Å². The number of hydrogen-bond donors (Lipinski definition) is 2. The third-order valence-electron chi connectivity index (χ3n) is 3.07. The maximum atomic E-state index is 5.38.